The molecule has 1 saturated heterocycles. The second-order valence-corrected chi connectivity index (χ2v) is 8.53. The summed E-state index contributed by atoms with van der Waals surface area (Å²) < 4.78 is 2.13. The van der Waals surface area contributed by atoms with Crippen LogP contribution in [0.1, 0.15) is 29.5 Å². The lowest BCUT2D eigenvalue weighted by Crippen LogP contribution is -2.34. The highest BCUT2D eigenvalue weighted by atomic mass is 16.2. The summed E-state index contributed by atoms with van der Waals surface area (Å²) >= 11 is 0. The van der Waals surface area contributed by atoms with E-state index in [4.69, 9.17) is 0 Å². The Morgan fingerprint density at radius 1 is 0.882 bits per heavy atom. The van der Waals surface area contributed by atoms with Gasteiger partial charge in [-0.15, -0.1) is 0 Å². The van der Waals surface area contributed by atoms with Gasteiger partial charge < -0.3 is 20.1 Å². The lowest BCUT2D eigenvalue weighted by atomic mass is 10.1. The molecule has 1 aliphatic heterocycles. The fourth-order valence-corrected chi connectivity index (χ4v) is 4.28. The van der Waals surface area contributed by atoms with Crippen LogP contribution in [0.4, 0.5) is 10.5 Å². The van der Waals surface area contributed by atoms with Crippen molar-refractivity contribution >= 4 is 28.7 Å². The smallest absolute Gasteiger partial charge is 0.315 e. The number of carbonyl (C=O) groups excluding carboxylic acids is 2. The zero-order valence-electron chi connectivity index (χ0n) is 18.9. The van der Waals surface area contributed by atoms with Crippen LogP contribution in [-0.2, 0) is 24.4 Å². The molecular weight excluding hydrogens is 426 g/mol. The van der Waals surface area contributed by atoms with Crippen LogP contribution in [0.15, 0.2) is 79.1 Å². The van der Waals surface area contributed by atoms with Crippen LogP contribution in [0.25, 0.3) is 11.0 Å². The Morgan fingerprint density at radius 3 is 2.44 bits per heavy atom. The van der Waals surface area contributed by atoms with Crippen molar-refractivity contribution < 1.29 is 9.59 Å². The van der Waals surface area contributed by atoms with E-state index in [1.807, 2.05) is 65.8 Å². The number of anilines is 1. The Hall–Kier alpha value is -4.13. The molecule has 0 radical (unpaired) electrons. The Kier molecular flexibility index (Phi) is 6.25. The van der Waals surface area contributed by atoms with Gasteiger partial charge in [0.05, 0.1) is 17.4 Å². The number of fused-ring (bicyclic) bond motifs is 1. The summed E-state index contributed by atoms with van der Waals surface area (Å²) in [4.78, 5) is 30.5. The molecule has 7 heteroatoms. The standard InChI is InChI=1S/C27H27N5O2/c33-26-9-4-14-32(26)23-6-3-5-22(15-23)17-29-27(34)28-16-20-10-12-21(13-11-20)18-31-19-30-24-7-1-2-8-25(24)31/h1-3,5-8,10-13,15,19H,4,9,14,16-18H2,(H2,28,29,34). The van der Waals surface area contributed by atoms with Gasteiger partial charge in [-0.1, -0.05) is 48.5 Å². The van der Waals surface area contributed by atoms with Gasteiger partial charge in [0.2, 0.25) is 5.91 Å². The molecule has 1 fully saturated rings. The number of hydrogen-bond acceptors (Lipinski definition) is 3. The van der Waals surface area contributed by atoms with E-state index < -0.39 is 0 Å². The number of carbonyl (C=O) groups is 2. The molecule has 0 saturated carbocycles. The summed E-state index contributed by atoms with van der Waals surface area (Å²) in [6.07, 6.45) is 3.36. The third-order valence-corrected chi connectivity index (χ3v) is 6.11. The average Bonchev–Trinajstić information content (AvgIpc) is 3.49. The van der Waals surface area contributed by atoms with Crippen LogP contribution in [0, 0.1) is 0 Å². The van der Waals surface area contributed by atoms with Crippen molar-refractivity contribution in [2.24, 2.45) is 0 Å². The number of hydrogen-bond donors (Lipinski definition) is 2. The Morgan fingerprint density at radius 2 is 1.65 bits per heavy atom. The number of nitrogens with zero attached hydrogens (tertiary/aromatic N) is 3. The first-order valence-electron chi connectivity index (χ1n) is 11.5. The van der Waals surface area contributed by atoms with E-state index in [1.165, 1.54) is 5.56 Å². The Balaban J connectivity index is 1.11. The van der Waals surface area contributed by atoms with Crippen molar-refractivity contribution in [1.29, 1.82) is 0 Å². The van der Waals surface area contributed by atoms with Crippen molar-refractivity contribution in [1.82, 2.24) is 20.2 Å². The molecule has 1 aromatic heterocycles. The normalized spacial score (nSPS) is 13.4. The molecular formula is C27H27N5O2. The molecule has 2 heterocycles. The van der Waals surface area contributed by atoms with Gasteiger partial charge in [-0.25, -0.2) is 9.78 Å². The average molecular weight is 454 g/mol. The predicted octanol–water partition coefficient (Wildman–Crippen LogP) is 4.21. The quantitative estimate of drug-likeness (QED) is 0.440. The second kappa shape index (κ2) is 9.79. The summed E-state index contributed by atoms with van der Waals surface area (Å²) in [6, 6.07) is 23.9. The number of para-hydroxylation sites is 2. The van der Waals surface area contributed by atoms with Gasteiger partial charge in [0.25, 0.3) is 0 Å². The van der Waals surface area contributed by atoms with Gasteiger partial charge in [-0.3, -0.25) is 4.79 Å². The van der Waals surface area contributed by atoms with Crippen molar-refractivity contribution in [2.45, 2.75) is 32.5 Å². The van der Waals surface area contributed by atoms with Crippen LogP contribution in [0.3, 0.4) is 0 Å². The molecule has 7 nitrogen and oxygen atoms in total. The van der Waals surface area contributed by atoms with Gasteiger partial charge in [-0.05, 0) is 47.4 Å². The first kappa shape index (κ1) is 21.7. The molecule has 0 spiro atoms. The number of urea groups is 1. The third-order valence-electron chi connectivity index (χ3n) is 6.11. The number of amides is 3. The maximum atomic E-state index is 12.3. The van der Waals surface area contributed by atoms with Gasteiger partial charge in [0, 0.05) is 38.3 Å². The van der Waals surface area contributed by atoms with E-state index in [2.05, 4.69) is 38.4 Å². The first-order chi connectivity index (χ1) is 16.7. The zero-order valence-corrected chi connectivity index (χ0v) is 18.9. The molecule has 0 bridgehead atoms. The highest BCUT2D eigenvalue weighted by molar-refractivity contribution is 5.95. The van der Waals surface area contributed by atoms with Crippen LogP contribution in [-0.4, -0.2) is 28.0 Å². The fraction of sp³-hybridized carbons (Fsp3) is 0.222. The molecule has 172 valence electrons. The van der Waals surface area contributed by atoms with Crippen molar-refractivity contribution in [3.05, 3.63) is 95.8 Å². The number of aromatic nitrogens is 2. The van der Waals surface area contributed by atoms with Gasteiger partial charge >= 0.3 is 6.03 Å². The lowest BCUT2D eigenvalue weighted by Gasteiger charge is -2.16. The van der Waals surface area contributed by atoms with Crippen LogP contribution in [0.2, 0.25) is 0 Å². The SMILES string of the molecule is O=C(NCc1ccc(Cn2cnc3ccccc32)cc1)NCc1cccc(N2CCCC2=O)c1. The van der Waals surface area contributed by atoms with E-state index >= 15 is 0 Å². The Labute approximate surface area is 198 Å². The summed E-state index contributed by atoms with van der Waals surface area (Å²) in [5.41, 5.74) is 6.17. The largest absolute Gasteiger partial charge is 0.334 e. The summed E-state index contributed by atoms with van der Waals surface area (Å²) in [6.45, 7) is 2.35. The third kappa shape index (κ3) is 4.93. The molecule has 0 aliphatic carbocycles. The minimum Gasteiger partial charge on any atom is -0.334 e. The van der Waals surface area contributed by atoms with Crippen LogP contribution >= 0.6 is 0 Å². The first-order valence-corrected chi connectivity index (χ1v) is 11.5. The number of imidazole rings is 1. The molecule has 3 aromatic carbocycles. The monoisotopic (exact) mass is 453 g/mol. The molecule has 2 N–H and O–H groups in total. The molecule has 0 atom stereocenters. The minimum atomic E-state index is -0.225. The lowest BCUT2D eigenvalue weighted by molar-refractivity contribution is -0.117. The van der Waals surface area contributed by atoms with Gasteiger partial charge in [0.15, 0.2) is 0 Å². The second-order valence-electron chi connectivity index (χ2n) is 8.53. The maximum absolute atomic E-state index is 12.3. The molecule has 3 amide bonds. The van der Waals surface area contributed by atoms with Crippen molar-refractivity contribution in [2.75, 3.05) is 11.4 Å². The van der Waals surface area contributed by atoms with Gasteiger partial charge in [0.1, 0.15) is 0 Å². The van der Waals surface area contributed by atoms with E-state index in [0.29, 0.717) is 19.5 Å². The molecule has 1 aliphatic rings. The Bertz CT molecular complexity index is 1310. The number of nitrogens with one attached hydrogen (secondary N) is 2. The van der Waals surface area contributed by atoms with Gasteiger partial charge in [-0.2, -0.15) is 0 Å². The van der Waals surface area contributed by atoms with Crippen LogP contribution in [0.5, 0.6) is 0 Å². The van der Waals surface area contributed by atoms with Crippen molar-refractivity contribution in [3.63, 3.8) is 0 Å². The fourth-order valence-electron chi connectivity index (χ4n) is 4.28. The molecule has 4 aromatic rings. The summed E-state index contributed by atoms with van der Waals surface area (Å²) in [5.74, 6) is 0.159. The predicted molar refractivity (Wildman–Crippen MR) is 132 cm³/mol. The zero-order chi connectivity index (χ0) is 23.3. The topological polar surface area (TPSA) is 79.3 Å². The highest BCUT2D eigenvalue weighted by Crippen LogP contribution is 2.22. The summed E-state index contributed by atoms with van der Waals surface area (Å²) in [7, 11) is 0. The van der Waals surface area contributed by atoms with E-state index in [0.717, 1.165) is 47.4 Å². The van der Waals surface area contributed by atoms with E-state index in [1.54, 1.807) is 0 Å². The molecule has 5 rings (SSSR count). The van der Waals surface area contributed by atoms with Crippen molar-refractivity contribution in [3.8, 4) is 0 Å². The highest BCUT2D eigenvalue weighted by Gasteiger charge is 2.21. The van der Waals surface area contributed by atoms with E-state index in [9.17, 15) is 9.59 Å². The molecule has 0 unspecified atom stereocenters. The number of benzene rings is 3. The molecule has 34 heavy (non-hydrogen) atoms. The summed E-state index contributed by atoms with van der Waals surface area (Å²) in [5, 5.41) is 5.80. The number of rotatable bonds is 7. The minimum absolute atomic E-state index is 0.159. The van der Waals surface area contributed by atoms with E-state index in [-0.39, 0.29) is 11.9 Å². The van der Waals surface area contributed by atoms with Crippen LogP contribution < -0.4 is 15.5 Å². The maximum Gasteiger partial charge on any atom is 0.315 e.